The fourth-order valence-electron chi connectivity index (χ4n) is 4.93. The molecule has 1 unspecified atom stereocenters. The number of nitrogens with zero attached hydrogens (tertiary/aromatic N) is 5. The van der Waals surface area contributed by atoms with Crippen molar-refractivity contribution in [2.45, 2.75) is 31.1 Å². The van der Waals surface area contributed by atoms with E-state index in [0.29, 0.717) is 24.7 Å². The summed E-state index contributed by atoms with van der Waals surface area (Å²) in [6, 6.07) is 5.85. The number of ether oxygens (including phenoxy) is 1. The molecule has 10 nitrogen and oxygen atoms in total. The molecule has 4 heterocycles. The summed E-state index contributed by atoms with van der Waals surface area (Å²) >= 11 is 0. The van der Waals surface area contributed by atoms with Crippen molar-refractivity contribution >= 4 is 18.2 Å². The molecular formula is C22H26N6O4. The Bertz CT molecular complexity index is 1060. The number of hydrogen-bond donors (Lipinski definition) is 2. The van der Waals surface area contributed by atoms with E-state index >= 15 is 0 Å². The summed E-state index contributed by atoms with van der Waals surface area (Å²) in [5.74, 6) is 1.56. The minimum absolute atomic E-state index is 0.00184. The number of rotatable bonds is 2. The average Bonchev–Trinajstić information content (AvgIpc) is 3.18. The van der Waals surface area contributed by atoms with Gasteiger partial charge in [0.2, 0.25) is 5.95 Å². The van der Waals surface area contributed by atoms with Crippen molar-refractivity contribution in [3.63, 3.8) is 0 Å². The van der Waals surface area contributed by atoms with Crippen LogP contribution in [-0.2, 0) is 21.4 Å². The molecule has 0 radical (unpaired) electrons. The number of anilines is 2. The topological polar surface area (TPSA) is 135 Å². The number of morpholine rings is 1. The van der Waals surface area contributed by atoms with Crippen LogP contribution in [0.15, 0.2) is 23.1 Å². The molecule has 168 valence electrons. The van der Waals surface area contributed by atoms with Gasteiger partial charge in [0.1, 0.15) is 11.9 Å². The molecule has 1 spiro atoms. The Morgan fingerprint density at radius 1 is 1.22 bits per heavy atom. The van der Waals surface area contributed by atoms with Crippen molar-refractivity contribution < 1.29 is 14.6 Å². The van der Waals surface area contributed by atoms with Gasteiger partial charge in [-0.15, -0.1) is 0 Å². The Morgan fingerprint density at radius 2 is 2.00 bits per heavy atom. The van der Waals surface area contributed by atoms with Crippen LogP contribution >= 0.6 is 0 Å². The lowest BCUT2D eigenvalue weighted by Crippen LogP contribution is -2.46. The van der Waals surface area contributed by atoms with Crippen molar-refractivity contribution in [1.29, 1.82) is 5.26 Å². The molecule has 32 heavy (non-hydrogen) atoms. The van der Waals surface area contributed by atoms with Crippen LogP contribution < -0.4 is 15.4 Å². The zero-order chi connectivity index (χ0) is 22.6. The highest BCUT2D eigenvalue weighted by molar-refractivity contribution is 5.47. The number of aromatic nitrogens is 3. The van der Waals surface area contributed by atoms with E-state index in [1.54, 1.807) is 6.20 Å². The third-order valence-corrected chi connectivity index (χ3v) is 6.45. The molecule has 1 atom stereocenters. The first-order chi connectivity index (χ1) is 15.6. The van der Waals surface area contributed by atoms with Crippen LogP contribution in [0.1, 0.15) is 36.1 Å². The van der Waals surface area contributed by atoms with Gasteiger partial charge in [-0.25, -0.2) is 9.97 Å². The number of piperidine rings is 1. The highest BCUT2D eigenvalue weighted by atomic mass is 16.5. The van der Waals surface area contributed by atoms with Gasteiger partial charge in [-0.1, -0.05) is 0 Å². The lowest BCUT2D eigenvalue weighted by atomic mass is 9.77. The van der Waals surface area contributed by atoms with E-state index in [2.05, 4.69) is 25.8 Å². The Balaban J connectivity index is 0.000000775. The van der Waals surface area contributed by atoms with E-state index in [0.717, 1.165) is 68.9 Å². The smallest absolute Gasteiger partial charge is 0.290 e. The predicted molar refractivity (Wildman–Crippen MR) is 117 cm³/mol. The van der Waals surface area contributed by atoms with E-state index in [1.807, 2.05) is 12.1 Å². The molecule has 10 heteroatoms. The summed E-state index contributed by atoms with van der Waals surface area (Å²) in [7, 11) is 0. The summed E-state index contributed by atoms with van der Waals surface area (Å²) in [5, 5.41) is 15.9. The number of carbonyl (C=O) groups is 1. The second kappa shape index (κ2) is 9.36. The second-order valence-corrected chi connectivity index (χ2v) is 8.24. The number of carboxylic acid groups (broad SMARTS) is 1. The van der Waals surface area contributed by atoms with Gasteiger partial charge >= 0.3 is 0 Å². The number of pyridine rings is 1. The van der Waals surface area contributed by atoms with E-state index in [-0.39, 0.29) is 17.4 Å². The van der Waals surface area contributed by atoms with Gasteiger partial charge in [0.05, 0.1) is 24.5 Å². The lowest BCUT2D eigenvalue weighted by Gasteiger charge is -2.41. The predicted octanol–water partition coefficient (Wildman–Crippen LogP) is 1.06. The molecular weight excluding hydrogens is 412 g/mol. The highest BCUT2D eigenvalue weighted by Gasteiger charge is 2.45. The number of H-pyrrole nitrogens is 1. The van der Waals surface area contributed by atoms with Crippen LogP contribution in [0.5, 0.6) is 0 Å². The Hall–Kier alpha value is -3.45. The quantitative estimate of drug-likeness (QED) is 0.660. The van der Waals surface area contributed by atoms with E-state index in [1.165, 1.54) is 0 Å². The van der Waals surface area contributed by atoms with Crippen molar-refractivity contribution in [2.24, 2.45) is 0 Å². The van der Waals surface area contributed by atoms with Crippen LogP contribution in [0.4, 0.5) is 11.8 Å². The van der Waals surface area contributed by atoms with Crippen molar-refractivity contribution in [3.8, 4) is 6.07 Å². The summed E-state index contributed by atoms with van der Waals surface area (Å²) in [6.07, 6.45) is 5.40. The largest absolute Gasteiger partial charge is 0.483 e. The Kier molecular flexibility index (Phi) is 6.37. The molecule has 1 aliphatic carbocycles. The fraction of sp³-hybridized carbons (Fsp3) is 0.500. The number of fused-ring (bicyclic) bond motifs is 2. The third-order valence-electron chi connectivity index (χ3n) is 6.45. The van der Waals surface area contributed by atoms with Gasteiger partial charge < -0.3 is 19.6 Å². The summed E-state index contributed by atoms with van der Waals surface area (Å²) in [4.78, 5) is 38.0. The Morgan fingerprint density at radius 3 is 2.69 bits per heavy atom. The Labute approximate surface area is 185 Å². The maximum Gasteiger partial charge on any atom is 0.290 e. The maximum absolute atomic E-state index is 12.8. The first-order valence-corrected chi connectivity index (χ1v) is 10.8. The molecule has 2 saturated heterocycles. The second-order valence-electron chi connectivity index (χ2n) is 8.24. The van der Waals surface area contributed by atoms with Crippen LogP contribution in [-0.4, -0.2) is 65.9 Å². The van der Waals surface area contributed by atoms with Crippen LogP contribution in [0, 0.1) is 11.3 Å². The van der Waals surface area contributed by atoms with Crippen molar-refractivity contribution in [3.05, 3.63) is 45.5 Å². The summed E-state index contributed by atoms with van der Waals surface area (Å²) in [5.41, 5.74) is 2.27. The fourth-order valence-corrected chi connectivity index (χ4v) is 4.93. The van der Waals surface area contributed by atoms with Gasteiger partial charge in [-0.2, -0.15) is 5.26 Å². The van der Waals surface area contributed by atoms with Crippen molar-refractivity contribution in [2.75, 3.05) is 49.2 Å². The zero-order valence-electron chi connectivity index (χ0n) is 17.8. The van der Waals surface area contributed by atoms with Gasteiger partial charge in [0.25, 0.3) is 12.0 Å². The SMILES string of the molecule is N#Cc1ccc(N2CCCC3(CCc4c3nc(N3CCOCC3)[nH]c4=O)C2)nc1.O=CO. The highest BCUT2D eigenvalue weighted by Crippen LogP contribution is 2.44. The first kappa shape index (κ1) is 21.8. The molecule has 2 N–H and O–H groups in total. The maximum atomic E-state index is 12.8. The summed E-state index contributed by atoms with van der Waals surface area (Å²) in [6.45, 7) is 4.29. The average molecular weight is 438 g/mol. The van der Waals surface area contributed by atoms with Gasteiger partial charge in [-0.3, -0.25) is 14.6 Å². The molecule has 0 amide bonds. The molecule has 0 aromatic carbocycles. The minimum atomic E-state index is -0.250. The van der Waals surface area contributed by atoms with Gasteiger partial charge in [0, 0.05) is 43.4 Å². The van der Waals surface area contributed by atoms with E-state index < -0.39 is 0 Å². The molecule has 2 aromatic rings. The molecule has 0 bridgehead atoms. The third kappa shape index (κ3) is 4.16. The molecule has 3 aliphatic rings. The molecule has 2 fully saturated rings. The van der Waals surface area contributed by atoms with Crippen LogP contribution in [0.3, 0.4) is 0 Å². The standard InChI is InChI=1S/C21H24N6O2.CH2O2/c22-12-15-2-3-17(23-13-15)27-7-1-5-21(14-27)6-4-16-18(21)24-20(25-19(16)28)26-8-10-29-11-9-26;2-1-3/h2-3,13H,1,4-11,14H2,(H,24,25,28);1H,(H,2,3). The van der Waals surface area contributed by atoms with E-state index in [4.69, 9.17) is 24.9 Å². The monoisotopic (exact) mass is 438 g/mol. The van der Waals surface area contributed by atoms with Crippen LogP contribution in [0.25, 0.3) is 0 Å². The van der Waals surface area contributed by atoms with Gasteiger partial charge in [0.15, 0.2) is 0 Å². The number of hydrogen-bond acceptors (Lipinski definition) is 8. The number of aromatic amines is 1. The van der Waals surface area contributed by atoms with Gasteiger partial charge in [-0.05, 0) is 37.8 Å². The molecule has 2 aliphatic heterocycles. The molecule has 2 aromatic heterocycles. The first-order valence-electron chi connectivity index (χ1n) is 10.8. The normalized spacial score (nSPS) is 22.0. The van der Waals surface area contributed by atoms with Crippen LogP contribution in [0.2, 0.25) is 0 Å². The lowest BCUT2D eigenvalue weighted by molar-refractivity contribution is -0.122. The van der Waals surface area contributed by atoms with E-state index in [9.17, 15) is 4.79 Å². The van der Waals surface area contributed by atoms with Crippen molar-refractivity contribution in [1.82, 2.24) is 15.0 Å². The minimum Gasteiger partial charge on any atom is -0.483 e. The summed E-state index contributed by atoms with van der Waals surface area (Å²) < 4.78 is 5.44. The molecule has 0 saturated carbocycles. The molecule has 5 rings (SSSR count). The number of nitrogens with one attached hydrogen (secondary N) is 1. The zero-order valence-corrected chi connectivity index (χ0v) is 17.8. The number of nitriles is 1.